The predicted molar refractivity (Wildman–Crippen MR) is 93.3 cm³/mol. The Morgan fingerprint density at radius 2 is 1.91 bits per heavy atom. The van der Waals surface area contributed by atoms with Gasteiger partial charge in [0.2, 0.25) is 5.91 Å². The van der Waals surface area contributed by atoms with Crippen LogP contribution in [0.25, 0.3) is 10.8 Å². The molecule has 1 N–H and O–H groups in total. The summed E-state index contributed by atoms with van der Waals surface area (Å²) in [5.74, 6) is 0.0663. The second kappa shape index (κ2) is 6.71. The van der Waals surface area contributed by atoms with Gasteiger partial charge < -0.3 is 10.1 Å². The molecule has 1 heterocycles. The molecule has 0 bridgehead atoms. The zero-order chi connectivity index (χ0) is 16.3. The first-order valence-corrected chi connectivity index (χ1v) is 8.46. The summed E-state index contributed by atoms with van der Waals surface area (Å²) in [6.07, 6.45) is 3.03. The van der Waals surface area contributed by atoms with Crippen LogP contribution in [0.2, 0.25) is 0 Å². The van der Waals surface area contributed by atoms with E-state index in [1.54, 1.807) is 0 Å². The third kappa shape index (κ3) is 3.56. The standard InChI is InChI=1S/C20H25NO2/c1-20(2,21-19(22)16-9-5-6-13-23-14-16)18-12-7-10-15-8-3-4-11-17(15)18/h3-4,7-8,10-12,16H,5-6,9,13-14H2,1-2H3,(H,21,22). The molecule has 1 saturated heterocycles. The van der Waals surface area contributed by atoms with E-state index in [0.717, 1.165) is 31.4 Å². The summed E-state index contributed by atoms with van der Waals surface area (Å²) < 4.78 is 5.56. The van der Waals surface area contributed by atoms with Crippen LogP contribution in [-0.4, -0.2) is 19.1 Å². The molecule has 0 aromatic heterocycles. The van der Waals surface area contributed by atoms with Gasteiger partial charge in [0, 0.05) is 6.61 Å². The van der Waals surface area contributed by atoms with Gasteiger partial charge in [-0.2, -0.15) is 0 Å². The van der Waals surface area contributed by atoms with Crippen LogP contribution in [-0.2, 0) is 15.1 Å². The molecule has 1 atom stereocenters. The van der Waals surface area contributed by atoms with Crippen LogP contribution in [0.3, 0.4) is 0 Å². The summed E-state index contributed by atoms with van der Waals surface area (Å²) in [4.78, 5) is 12.7. The number of amides is 1. The molecule has 0 spiro atoms. The molecule has 3 heteroatoms. The molecule has 1 amide bonds. The van der Waals surface area contributed by atoms with Crippen molar-refractivity contribution in [2.45, 2.75) is 38.6 Å². The Kier molecular flexibility index (Phi) is 4.67. The van der Waals surface area contributed by atoms with E-state index in [0.29, 0.717) is 6.61 Å². The molecular weight excluding hydrogens is 286 g/mol. The third-order valence-corrected chi connectivity index (χ3v) is 4.68. The number of ether oxygens (including phenoxy) is 1. The fourth-order valence-corrected chi connectivity index (χ4v) is 3.36. The monoisotopic (exact) mass is 311 g/mol. The van der Waals surface area contributed by atoms with Crippen molar-refractivity contribution in [1.82, 2.24) is 5.32 Å². The van der Waals surface area contributed by atoms with Crippen molar-refractivity contribution in [3.05, 3.63) is 48.0 Å². The second-order valence-electron chi connectivity index (χ2n) is 6.91. The maximum absolute atomic E-state index is 12.7. The average molecular weight is 311 g/mol. The highest BCUT2D eigenvalue weighted by Gasteiger charge is 2.29. The fourth-order valence-electron chi connectivity index (χ4n) is 3.36. The summed E-state index contributed by atoms with van der Waals surface area (Å²) >= 11 is 0. The predicted octanol–water partition coefficient (Wildman–Crippen LogP) is 4.01. The van der Waals surface area contributed by atoms with Gasteiger partial charge in [-0.25, -0.2) is 0 Å². The van der Waals surface area contributed by atoms with Crippen LogP contribution < -0.4 is 5.32 Å². The van der Waals surface area contributed by atoms with E-state index < -0.39 is 5.54 Å². The molecule has 1 unspecified atom stereocenters. The number of rotatable bonds is 3. The fraction of sp³-hybridized carbons (Fsp3) is 0.450. The van der Waals surface area contributed by atoms with Crippen LogP contribution in [0.4, 0.5) is 0 Å². The van der Waals surface area contributed by atoms with Gasteiger partial charge in [-0.05, 0) is 43.0 Å². The number of benzene rings is 2. The van der Waals surface area contributed by atoms with Crippen LogP contribution >= 0.6 is 0 Å². The van der Waals surface area contributed by atoms with Gasteiger partial charge in [0.15, 0.2) is 0 Å². The van der Waals surface area contributed by atoms with Crippen molar-refractivity contribution in [3.8, 4) is 0 Å². The zero-order valence-electron chi connectivity index (χ0n) is 14.0. The normalized spacial score (nSPS) is 19.3. The largest absolute Gasteiger partial charge is 0.381 e. The maximum atomic E-state index is 12.7. The lowest BCUT2D eigenvalue weighted by atomic mass is 9.88. The summed E-state index contributed by atoms with van der Waals surface area (Å²) in [6.45, 7) is 5.46. The van der Waals surface area contributed by atoms with Gasteiger partial charge in [-0.1, -0.05) is 48.9 Å². The first kappa shape index (κ1) is 16.0. The molecule has 2 aromatic carbocycles. The third-order valence-electron chi connectivity index (χ3n) is 4.68. The topological polar surface area (TPSA) is 38.3 Å². The smallest absolute Gasteiger partial charge is 0.226 e. The first-order valence-electron chi connectivity index (χ1n) is 8.46. The highest BCUT2D eigenvalue weighted by molar-refractivity contribution is 5.87. The highest BCUT2D eigenvalue weighted by atomic mass is 16.5. The molecule has 1 aliphatic heterocycles. The lowest BCUT2D eigenvalue weighted by Gasteiger charge is -2.30. The van der Waals surface area contributed by atoms with Gasteiger partial charge >= 0.3 is 0 Å². The van der Waals surface area contributed by atoms with Crippen molar-refractivity contribution in [2.24, 2.45) is 5.92 Å². The van der Waals surface area contributed by atoms with Gasteiger partial charge in [0.25, 0.3) is 0 Å². The number of fused-ring (bicyclic) bond motifs is 1. The van der Waals surface area contributed by atoms with E-state index in [1.807, 2.05) is 12.1 Å². The Labute approximate surface area is 138 Å². The molecule has 3 nitrogen and oxygen atoms in total. The van der Waals surface area contributed by atoms with E-state index in [2.05, 4.69) is 49.5 Å². The molecule has 3 rings (SSSR count). The number of hydrogen-bond acceptors (Lipinski definition) is 2. The van der Waals surface area contributed by atoms with Crippen molar-refractivity contribution in [3.63, 3.8) is 0 Å². The number of carbonyl (C=O) groups excluding carboxylic acids is 1. The van der Waals surface area contributed by atoms with Crippen molar-refractivity contribution >= 4 is 16.7 Å². The molecular formula is C20H25NO2. The number of nitrogens with one attached hydrogen (secondary N) is 1. The maximum Gasteiger partial charge on any atom is 0.226 e. The minimum atomic E-state index is -0.412. The molecule has 122 valence electrons. The van der Waals surface area contributed by atoms with E-state index in [-0.39, 0.29) is 11.8 Å². The van der Waals surface area contributed by atoms with Crippen molar-refractivity contribution in [1.29, 1.82) is 0 Å². The molecule has 0 saturated carbocycles. The Morgan fingerprint density at radius 3 is 2.78 bits per heavy atom. The summed E-state index contributed by atoms with van der Waals surface area (Å²) in [5, 5.41) is 5.63. The lowest BCUT2D eigenvalue weighted by Crippen LogP contribution is -2.45. The van der Waals surface area contributed by atoms with Crippen LogP contribution in [0.1, 0.15) is 38.7 Å². The second-order valence-corrected chi connectivity index (χ2v) is 6.91. The van der Waals surface area contributed by atoms with Gasteiger partial charge in [-0.15, -0.1) is 0 Å². The zero-order valence-corrected chi connectivity index (χ0v) is 14.0. The number of carbonyl (C=O) groups is 1. The van der Waals surface area contributed by atoms with Gasteiger partial charge in [0.1, 0.15) is 0 Å². The first-order chi connectivity index (χ1) is 11.1. The molecule has 1 fully saturated rings. The molecule has 2 aromatic rings. The summed E-state index contributed by atoms with van der Waals surface area (Å²) in [7, 11) is 0. The van der Waals surface area contributed by atoms with E-state index >= 15 is 0 Å². The quantitative estimate of drug-likeness (QED) is 0.930. The lowest BCUT2D eigenvalue weighted by molar-refractivity contribution is -0.128. The van der Waals surface area contributed by atoms with E-state index in [4.69, 9.17) is 4.74 Å². The van der Waals surface area contributed by atoms with Gasteiger partial charge in [-0.3, -0.25) is 4.79 Å². The molecule has 0 radical (unpaired) electrons. The Balaban J connectivity index is 1.83. The van der Waals surface area contributed by atoms with Crippen LogP contribution in [0, 0.1) is 5.92 Å². The Morgan fingerprint density at radius 1 is 1.13 bits per heavy atom. The van der Waals surface area contributed by atoms with E-state index in [9.17, 15) is 4.79 Å². The van der Waals surface area contributed by atoms with Crippen LogP contribution in [0.15, 0.2) is 42.5 Å². The molecule has 0 aliphatic carbocycles. The Bertz CT molecular complexity index is 680. The van der Waals surface area contributed by atoms with Crippen LogP contribution in [0.5, 0.6) is 0 Å². The van der Waals surface area contributed by atoms with Gasteiger partial charge in [0.05, 0.1) is 18.1 Å². The molecule has 1 aliphatic rings. The van der Waals surface area contributed by atoms with E-state index in [1.165, 1.54) is 10.8 Å². The summed E-state index contributed by atoms with van der Waals surface area (Å²) in [6, 6.07) is 14.6. The minimum Gasteiger partial charge on any atom is -0.381 e. The van der Waals surface area contributed by atoms with Crippen molar-refractivity contribution < 1.29 is 9.53 Å². The summed E-state index contributed by atoms with van der Waals surface area (Å²) in [5.41, 5.74) is 0.739. The minimum absolute atomic E-state index is 0.0354. The highest BCUT2D eigenvalue weighted by Crippen LogP contribution is 2.29. The van der Waals surface area contributed by atoms with Crippen molar-refractivity contribution in [2.75, 3.05) is 13.2 Å². The number of hydrogen-bond donors (Lipinski definition) is 1. The average Bonchev–Trinajstić information content (AvgIpc) is 2.83. The SMILES string of the molecule is CC(C)(NC(=O)C1CCCCOC1)c1cccc2ccccc12. The Hall–Kier alpha value is -1.87. The molecule has 23 heavy (non-hydrogen) atoms.